The van der Waals surface area contributed by atoms with Gasteiger partial charge in [0, 0.05) is 32.8 Å². The number of rotatable bonds is 6. The van der Waals surface area contributed by atoms with Crippen LogP contribution < -0.4 is 10.1 Å². The Morgan fingerprint density at radius 3 is 2.90 bits per heavy atom. The van der Waals surface area contributed by atoms with Gasteiger partial charge in [0.25, 0.3) is 0 Å². The Hall–Kier alpha value is -1.75. The number of aliphatic imine (C=N–C) groups is 1. The van der Waals surface area contributed by atoms with Crippen LogP contribution in [0.4, 0.5) is 0 Å². The summed E-state index contributed by atoms with van der Waals surface area (Å²) in [6, 6.07) is 6.26. The molecule has 1 heterocycles. The van der Waals surface area contributed by atoms with Gasteiger partial charge in [0.15, 0.2) is 5.96 Å². The third-order valence-electron chi connectivity index (χ3n) is 3.26. The van der Waals surface area contributed by atoms with Gasteiger partial charge in [-0.1, -0.05) is 12.1 Å². The fraction of sp³-hybridized carbons (Fsp3) is 0.533. The van der Waals surface area contributed by atoms with Crippen LogP contribution in [0.1, 0.15) is 11.1 Å². The fourth-order valence-electron chi connectivity index (χ4n) is 2.07. The Morgan fingerprint density at radius 2 is 2.20 bits per heavy atom. The average molecular weight is 277 g/mol. The molecule has 0 atom stereocenters. The first-order chi connectivity index (χ1) is 9.70. The summed E-state index contributed by atoms with van der Waals surface area (Å²) in [7, 11) is 3.72. The normalized spacial score (nSPS) is 14.3. The van der Waals surface area contributed by atoms with Crippen molar-refractivity contribution in [2.75, 3.05) is 40.5 Å². The smallest absolute Gasteiger partial charge is 0.194 e. The summed E-state index contributed by atoms with van der Waals surface area (Å²) in [5.74, 6) is 1.87. The molecule has 20 heavy (non-hydrogen) atoms. The molecule has 2 rings (SSSR count). The second-order valence-electron chi connectivity index (χ2n) is 4.93. The van der Waals surface area contributed by atoms with Crippen molar-refractivity contribution in [2.24, 2.45) is 4.99 Å². The summed E-state index contributed by atoms with van der Waals surface area (Å²) < 4.78 is 10.8. The molecule has 0 unspecified atom stereocenters. The summed E-state index contributed by atoms with van der Waals surface area (Å²) >= 11 is 0. The molecular weight excluding hydrogens is 254 g/mol. The molecule has 110 valence electrons. The van der Waals surface area contributed by atoms with Crippen molar-refractivity contribution in [3.63, 3.8) is 0 Å². The zero-order valence-electron chi connectivity index (χ0n) is 12.5. The number of benzene rings is 1. The van der Waals surface area contributed by atoms with Crippen LogP contribution in [0.25, 0.3) is 0 Å². The molecule has 1 aromatic rings. The van der Waals surface area contributed by atoms with Crippen molar-refractivity contribution in [2.45, 2.75) is 13.5 Å². The predicted octanol–water partition coefficient (Wildman–Crippen LogP) is 1.41. The molecule has 0 amide bonds. The van der Waals surface area contributed by atoms with Gasteiger partial charge in [0.05, 0.1) is 13.2 Å². The van der Waals surface area contributed by atoms with Gasteiger partial charge in [-0.05, 0) is 18.6 Å². The third-order valence-corrected chi connectivity index (χ3v) is 3.26. The van der Waals surface area contributed by atoms with Gasteiger partial charge in [-0.3, -0.25) is 4.99 Å². The van der Waals surface area contributed by atoms with E-state index in [0.29, 0.717) is 19.8 Å². The van der Waals surface area contributed by atoms with E-state index in [1.54, 1.807) is 7.11 Å². The Morgan fingerprint density at radius 1 is 1.35 bits per heavy atom. The molecule has 5 heteroatoms. The van der Waals surface area contributed by atoms with Gasteiger partial charge in [0.1, 0.15) is 12.4 Å². The highest BCUT2D eigenvalue weighted by molar-refractivity contribution is 5.81. The number of likely N-dealkylation sites (N-methyl/N-ethyl adjacent to an activating group) is 1. The first-order valence-electron chi connectivity index (χ1n) is 6.91. The standard InChI is InChI=1S/C15H23N3O2/c1-12-4-5-13(14(10-12)20-9-8-19-3)11-17-15-16-6-7-18(15)2/h4-5,10H,6-9,11H2,1-3H3,(H,16,17). The van der Waals surface area contributed by atoms with Gasteiger partial charge in [-0.25, -0.2) is 0 Å². The Kier molecular flexibility index (Phi) is 5.24. The maximum Gasteiger partial charge on any atom is 0.194 e. The topological polar surface area (TPSA) is 46.1 Å². The van der Waals surface area contributed by atoms with E-state index in [9.17, 15) is 0 Å². The van der Waals surface area contributed by atoms with Gasteiger partial charge < -0.3 is 19.7 Å². The molecular formula is C15H23N3O2. The number of ether oxygens (including phenoxy) is 2. The number of methoxy groups -OCH3 is 1. The van der Waals surface area contributed by atoms with E-state index in [-0.39, 0.29) is 0 Å². The van der Waals surface area contributed by atoms with Crippen molar-refractivity contribution in [1.82, 2.24) is 10.2 Å². The molecule has 1 aromatic carbocycles. The third kappa shape index (κ3) is 3.87. The highest BCUT2D eigenvalue weighted by Gasteiger charge is 2.12. The van der Waals surface area contributed by atoms with E-state index >= 15 is 0 Å². The van der Waals surface area contributed by atoms with E-state index in [0.717, 1.165) is 30.4 Å². The molecule has 1 N–H and O–H groups in total. The van der Waals surface area contributed by atoms with Crippen LogP contribution in [0.5, 0.6) is 5.75 Å². The lowest BCUT2D eigenvalue weighted by Gasteiger charge is -2.17. The fourth-order valence-corrected chi connectivity index (χ4v) is 2.07. The molecule has 0 aromatic heterocycles. The monoisotopic (exact) mass is 277 g/mol. The Labute approximate surface area is 120 Å². The first-order valence-corrected chi connectivity index (χ1v) is 6.91. The number of guanidine groups is 1. The van der Waals surface area contributed by atoms with Crippen LogP contribution >= 0.6 is 0 Å². The van der Waals surface area contributed by atoms with E-state index in [2.05, 4.69) is 40.3 Å². The summed E-state index contributed by atoms with van der Waals surface area (Å²) in [4.78, 5) is 6.55. The summed E-state index contributed by atoms with van der Waals surface area (Å²) in [6.07, 6.45) is 0. The second kappa shape index (κ2) is 7.14. The molecule has 0 spiro atoms. The number of nitrogens with one attached hydrogen (secondary N) is 1. The predicted molar refractivity (Wildman–Crippen MR) is 80.3 cm³/mol. The van der Waals surface area contributed by atoms with E-state index < -0.39 is 0 Å². The number of aryl methyl sites for hydroxylation is 1. The number of hydrogen-bond acceptors (Lipinski definition) is 5. The van der Waals surface area contributed by atoms with Gasteiger partial charge in [0.2, 0.25) is 0 Å². The SMILES string of the molecule is COCCOc1cc(C)ccc1CNC1=NCCN1C. The highest BCUT2D eigenvalue weighted by Crippen LogP contribution is 2.20. The zero-order chi connectivity index (χ0) is 14.4. The maximum atomic E-state index is 5.78. The lowest BCUT2D eigenvalue weighted by Crippen LogP contribution is -2.35. The van der Waals surface area contributed by atoms with Crippen molar-refractivity contribution >= 4 is 5.96 Å². The molecule has 5 nitrogen and oxygen atoms in total. The van der Waals surface area contributed by atoms with Crippen LogP contribution in [0.3, 0.4) is 0 Å². The second-order valence-corrected chi connectivity index (χ2v) is 4.93. The summed E-state index contributed by atoms with van der Waals surface area (Å²) in [5, 5.41) is 3.36. The minimum absolute atomic E-state index is 0.563. The molecule has 0 saturated heterocycles. The van der Waals surface area contributed by atoms with Crippen LogP contribution in [-0.4, -0.2) is 51.3 Å². The minimum Gasteiger partial charge on any atom is -0.491 e. The Balaban J connectivity index is 1.98. The van der Waals surface area contributed by atoms with E-state index in [1.807, 2.05) is 7.05 Å². The Bertz CT molecular complexity index is 474. The van der Waals surface area contributed by atoms with Crippen LogP contribution in [-0.2, 0) is 11.3 Å². The summed E-state index contributed by atoms with van der Waals surface area (Å²) in [6.45, 7) is 5.78. The molecule has 1 aliphatic rings. The van der Waals surface area contributed by atoms with Crippen molar-refractivity contribution in [1.29, 1.82) is 0 Å². The molecule has 0 aliphatic carbocycles. The summed E-state index contributed by atoms with van der Waals surface area (Å²) in [5.41, 5.74) is 2.33. The van der Waals surface area contributed by atoms with Crippen molar-refractivity contribution in [3.8, 4) is 5.75 Å². The first kappa shape index (κ1) is 14.7. The molecule has 1 aliphatic heterocycles. The largest absolute Gasteiger partial charge is 0.491 e. The van der Waals surface area contributed by atoms with Gasteiger partial charge >= 0.3 is 0 Å². The highest BCUT2D eigenvalue weighted by atomic mass is 16.5. The van der Waals surface area contributed by atoms with Gasteiger partial charge in [-0.15, -0.1) is 0 Å². The lowest BCUT2D eigenvalue weighted by atomic mass is 10.1. The quantitative estimate of drug-likeness (QED) is 0.799. The van der Waals surface area contributed by atoms with Crippen LogP contribution in [0.2, 0.25) is 0 Å². The van der Waals surface area contributed by atoms with Crippen molar-refractivity contribution in [3.05, 3.63) is 29.3 Å². The van der Waals surface area contributed by atoms with E-state index in [1.165, 1.54) is 5.56 Å². The number of hydrogen-bond donors (Lipinski definition) is 1. The number of nitrogens with zero attached hydrogens (tertiary/aromatic N) is 2. The lowest BCUT2D eigenvalue weighted by molar-refractivity contribution is 0.145. The minimum atomic E-state index is 0.563. The molecule has 0 saturated carbocycles. The van der Waals surface area contributed by atoms with E-state index in [4.69, 9.17) is 9.47 Å². The molecule has 0 bridgehead atoms. The average Bonchev–Trinajstić information content (AvgIpc) is 2.84. The maximum absolute atomic E-state index is 5.78. The van der Waals surface area contributed by atoms with Crippen LogP contribution in [0, 0.1) is 6.92 Å². The van der Waals surface area contributed by atoms with Crippen molar-refractivity contribution < 1.29 is 9.47 Å². The molecule has 0 radical (unpaired) electrons. The molecule has 0 fully saturated rings. The zero-order valence-corrected chi connectivity index (χ0v) is 12.5. The van der Waals surface area contributed by atoms with Gasteiger partial charge in [-0.2, -0.15) is 0 Å². The van der Waals surface area contributed by atoms with Crippen LogP contribution in [0.15, 0.2) is 23.2 Å².